The molecule has 0 fully saturated rings. The second-order valence-corrected chi connectivity index (χ2v) is 15.9. The van der Waals surface area contributed by atoms with Gasteiger partial charge in [0.05, 0.1) is 11.0 Å². The molecule has 0 saturated carbocycles. The lowest BCUT2D eigenvalue weighted by molar-refractivity contribution is 0.411. The lowest BCUT2D eigenvalue weighted by atomic mass is 9.99. The maximum atomic E-state index is 6.65. The quantitative estimate of drug-likeness (QED) is 0.184. The van der Waals surface area contributed by atoms with Crippen LogP contribution in [-0.4, -0.2) is 10.4 Å². The summed E-state index contributed by atoms with van der Waals surface area (Å²) in [7, 11) is 0. The van der Waals surface area contributed by atoms with Gasteiger partial charge in [-0.25, -0.2) is 4.99 Å². The van der Waals surface area contributed by atoms with Gasteiger partial charge in [0.2, 0.25) is 0 Å². The fraction of sp³-hybridized carbons (Fsp3) is 0.0392. The van der Waals surface area contributed by atoms with Gasteiger partial charge in [-0.15, -0.1) is 11.3 Å². The molecule has 0 aliphatic carbocycles. The Kier molecular flexibility index (Phi) is 7.24. The van der Waals surface area contributed by atoms with Gasteiger partial charge in [-0.05, 0) is 77.4 Å². The summed E-state index contributed by atoms with van der Waals surface area (Å²) in [6.45, 7) is 0. The second-order valence-electron chi connectivity index (χ2n) is 14.8. The van der Waals surface area contributed by atoms with Gasteiger partial charge in [-0.1, -0.05) is 121 Å². The zero-order chi connectivity index (χ0) is 37.5. The predicted octanol–water partition coefficient (Wildman–Crippen LogP) is 13.1. The summed E-state index contributed by atoms with van der Waals surface area (Å²) in [4.78, 5) is 5.12. The molecule has 11 aromatic rings. The molecule has 2 unspecified atom stereocenters. The second kappa shape index (κ2) is 12.8. The minimum Gasteiger partial charge on any atom is -0.456 e. The largest absolute Gasteiger partial charge is 0.456 e. The summed E-state index contributed by atoms with van der Waals surface area (Å²) in [5.74, 6) is 0.860. The fourth-order valence-corrected chi connectivity index (χ4v) is 9.89. The van der Waals surface area contributed by atoms with Crippen LogP contribution in [0.15, 0.2) is 191 Å². The minimum atomic E-state index is -0.214. The maximum absolute atomic E-state index is 6.65. The monoisotopic (exact) mass is 750 g/mol. The number of nitrogens with zero attached hydrogens (tertiary/aromatic N) is 2. The van der Waals surface area contributed by atoms with Crippen LogP contribution in [0, 0.1) is 0 Å². The van der Waals surface area contributed by atoms with Gasteiger partial charge in [-0.2, -0.15) is 0 Å². The molecule has 0 bridgehead atoms. The Morgan fingerprint density at radius 2 is 1.18 bits per heavy atom. The summed E-state index contributed by atoms with van der Waals surface area (Å²) in [5, 5.41) is 14.8. The number of benzene rings is 8. The number of aliphatic imine (C=N–C) groups is 1. The Hall–Kier alpha value is -6.99. The van der Waals surface area contributed by atoms with Gasteiger partial charge in [0.25, 0.3) is 0 Å². The normalized spacial score (nSPS) is 15.9. The first kappa shape index (κ1) is 32.3. The Balaban J connectivity index is 0.945. The van der Waals surface area contributed by atoms with Gasteiger partial charge in [0, 0.05) is 58.5 Å². The van der Waals surface area contributed by atoms with E-state index in [2.05, 4.69) is 185 Å². The highest BCUT2D eigenvalue weighted by Crippen LogP contribution is 2.41. The number of aromatic nitrogens is 1. The third-order valence-electron chi connectivity index (χ3n) is 11.5. The minimum absolute atomic E-state index is 0.200. The molecule has 6 heteroatoms. The van der Waals surface area contributed by atoms with Crippen LogP contribution in [0.3, 0.4) is 0 Å². The number of amidine groups is 1. The van der Waals surface area contributed by atoms with Gasteiger partial charge in [0.1, 0.15) is 29.3 Å². The van der Waals surface area contributed by atoms with Crippen LogP contribution in [-0.2, 0) is 0 Å². The molecule has 0 spiro atoms. The SMILES string of the molecule is c1ccc(C2=NC(c3ccccc3)NC(c3cccc4oc5cc(-c6ccc7sc8ccc(-n9c%10ccccc%10c%10ccccc%109)cc8c7c6)ccc5c34)N2)cc1. The highest BCUT2D eigenvalue weighted by molar-refractivity contribution is 7.25. The van der Waals surface area contributed by atoms with E-state index in [-0.39, 0.29) is 12.3 Å². The molecule has 1 aliphatic heterocycles. The van der Waals surface area contributed by atoms with Gasteiger partial charge in [0.15, 0.2) is 0 Å². The Bertz CT molecular complexity index is 3320. The van der Waals surface area contributed by atoms with E-state index in [1.54, 1.807) is 0 Å². The molecule has 2 N–H and O–H groups in total. The van der Waals surface area contributed by atoms with E-state index in [9.17, 15) is 0 Å². The molecule has 2 atom stereocenters. The predicted molar refractivity (Wildman–Crippen MR) is 238 cm³/mol. The van der Waals surface area contributed by atoms with Crippen molar-refractivity contribution < 1.29 is 4.42 Å². The summed E-state index contributed by atoms with van der Waals surface area (Å²) in [6, 6.07) is 64.9. The summed E-state index contributed by atoms with van der Waals surface area (Å²) < 4.78 is 11.6. The van der Waals surface area contributed by atoms with E-state index in [0.29, 0.717) is 0 Å². The summed E-state index contributed by atoms with van der Waals surface area (Å²) in [6.07, 6.45) is -0.414. The fourth-order valence-electron chi connectivity index (χ4n) is 8.83. The lowest BCUT2D eigenvalue weighted by Gasteiger charge is -2.32. The van der Waals surface area contributed by atoms with Gasteiger partial charge >= 0.3 is 0 Å². The van der Waals surface area contributed by atoms with E-state index in [4.69, 9.17) is 9.41 Å². The van der Waals surface area contributed by atoms with E-state index >= 15 is 0 Å². The van der Waals surface area contributed by atoms with Gasteiger partial charge in [-0.3, -0.25) is 5.32 Å². The molecule has 0 amide bonds. The van der Waals surface area contributed by atoms with Crippen molar-refractivity contribution in [2.75, 3.05) is 0 Å². The standard InChI is InChI=1S/C51H34N4OS/c1-3-12-31(13-4-1)49-52-50(32-14-5-2-6-15-32)54-51(53-49)39-18-11-21-44-48(39)38-25-22-34(29-45(38)56-44)33-23-26-46-40(28-33)41-30-35(24-27-47(41)57-46)55-42-19-9-7-16-36(42)37-17-8-10-20-43(37)55/h1-30,49,51,53H,(H,52,54). The van der Waals surface area contributed by atoms with Crippen molar-refractivity contribution >= 4 is 81.1 Å². The summed E-state index contributed by atoms with van der Waals surface area (Å²) in [5.41, 5.74) is 10.9. The molecule has 0 radical (unpaired) electrons. The first-order valence-electron chi connectivity index (χ1n) is 19.3. The molecular formula is C51H34N4OS. The van der Waals surface area contributed by atoms with E-state index in [1.165, 1.54) is 47.7 Å². The van der Waals surface area contributed by atoms with Gasteiger partial charge < -0.3 is 14.3 Å². The number of hydrogen-bond acceptors (Lipinski definition) is 5. The third-order valence-corrected chi connectivity index (χ3v) is 12.6. The lowest BCUT2D eigenvalue weighted by Crippen LogP contribution is -2.45. The van der Waals surface area contributed by atoms with Crippen molar-refractivity contribution in [2.24, 2.45) is 4.99 Å². The average Bonchev–Trinajstić information content (AvgIpc) is 3.95. The van der Waals surface area contributed by atoms with Crippen LogP contribution < -0.4 is 10.6 Å². The van der Waals surface area contributed by atoms with Crippen LogP contribution >= 0.6 is 11.3 Å². The molecule has 0 saturated heterocycles. The number of furan rings is 1. The zero-order valence-electron chi connectivity index (χ0n) is 30.7. The van der Waals surface area contributed by atoms with Crippen molar-refractivity contribution in [3.63, 3.8) is 0 Å². The molecule has 270 valence electrons. The number of rotatable bonds is 5. The molecule has 1 aliphatic rings. The Labute approximate surface area is 332 Å². The zero-order valence-corrected chi connectivity index (χ0v) is 31.5. The Morgan fingerprint density at radius 1 is 0.509 bits per heavy atom. The molecule has 57 heavy (non-hydrogen) atoms. The number of hydrogen-bond donors (Lipinski definition) is 2. The summed E-state index contributed by atoms with van der Waals surface area (Å²) >= 11 is 1.85. The number of para-hydroxylation sites is 2. The van der Waals surface area contributed by atoms with Crippen molar-refractivity contribution in [3.8, 4) is 16.8 Å². The van der Waals surface area contributed by atoms with Crippen LogP contribution in [0.25, 0.3) is 80.7 Å². The molecule has 3 aromatic heterocycles. The number of nitrogens with one attached hydrogen (secondary N) is 2. The first-order valence-corrected chi connectivity index (χ1v) is 20.2. The molecule has 12 rings (SSSR count). The van der Waals surface area contributed by atoms with Crippen molar-refractivity contribution in [2.45, 2.75) is 12.3 Å². The Morgan fingerprint density at radius 3 is 1.96 bits per heavy atom. The molecule has 4 heterocycles. The van der Waals surface area contributed by atoms with Crippen LogP contribution in [0.2, 0.25) is 0 Å². The van der Waals surface area contributed by atoms with Crippen LogP contribution in [0.5, 0.6) is 0 Å². The average molecular weight is 751 g/mol. The molecule has 8 aromatic carbocycles. The third kappa shape index (κ3) is 5.22. The van der Waals surface area contributed by atoms with E-state index in [0.717, 1.165) is 55.6 Å². The smallest absolute Gasteiger partial charge is 0.136 e. The number of thiophene rings is 1. The van der Waals surface area contributed by atoms with E-state index in [1.807, 2.05) is 23.5 Å². The molecular weight excluding hydrogens is 717 g/mol. The van der Waals surface area contributed by atoms with Crippen LogP contribution in [0.4, 0.5) is 0 Å². The van der Waals surface area contributed by atoms with Crippen molar-refractivity contribution in [1.82, 2.24) is 15.2 Å². The van der Waals surface area contributed by atoms with E-state index < -0.39 is 0 Å². The highest BCUT2D eigenvalue weighted by Gasteiger charge is 2.28. The molecule has 5 nitrogen and oxygen atoms in total. The first-order chi connectivity index (χ1) is 28.2. The van der Waals surface area contributed by atoms with Crippen molar-refractivity contribution in [1.29, 1.82) is 0 Å². The number of fused-ring (bicyclic) bond motifs is 9. The topological polar surface area (TPSA) is 54.5 Å². The van der Waals surface area contributed by atoms with Crippen LogP contribution in [0.1, 0.15) is 29.0 Å². The highest BCUT2D eigenvalue weighted by atomic mass is 32.1. The maximum Gasteiger partial charge on any atom is 0.136 e. The van der Waals surface area contributed by atoms with Crippen molar-refractivity contribution in [3.05, 3.63) is 199 Å².